The summed E-state index contributed by atoms with van der Waals surface area (Å²) in [5.74, 6) is 0.290. The number of methoxy groups -OCH3 is 1. The van der Waals surface area contributed by atoms with E-state index in [2.05, 4.69) is 0 Å². The summed E-state index contributed by atoms with van der Waals surface area (Å²) in [6.07, 6.45) is 4.33. The lowest BCUT2D eigenvalue weighted by molar-refractivity contribution is -0.142. The summed E-state index contributed by atoms with van der Waals surface area (Å²) in [6, 6.07) is 3.30. The molecular formula is C19H28O6. The van der Waals surface area contributed by atoms with Crippen LogP contribution < -0.4 is 4.74 Å². The summed E-state index contributed by atoms with van der Waals surface area (Å²) in [6.45, 7) is 2.07. The Labute approximate surface area is 148 Å². The first-order valence-corrected chi connectivity index (χ1v) is 8.69. The molecule has 1 atom stereocenters. The number of unbranched alkanes of at least 4 members (excludes halogenated alkanes) is 3. The van der Waals surface area contributed by atoms with Crippen molar-refractivity contribution in [3.05, 3.63) is 23.3 Å². The zero-order valence-electron chi connectivity index (χ0n) is 15.0. The number of phenols is 1. The summed E-state index contributed by atoms with van der Waals surface area (Å²) in [5.41, 5.74) is 1.45. The van der Waals surface area contributed by atoms with Crippen molar-refractivity contribution >= 4 is 12.3 Å². The second-order valence-electron chi connectivity index (χ2n) is 5.92. The number of benzene rings is 1. The second kappa shape index (κ2) is 11.5. The van der Waals surface area contributed by atoms with E-state index in [9.17, 15) is 19.8 Å². The minimum absolute atomic E-state index is 0.0967. The maximum absolute atomic E-state index is 11.8. The van der Waals surface area contributed by atoms with Crippen LogP contribution >= 0.6 is 0 Å². The number of aliphatic hydroxyl groups excluding tert-OH is 1. The molecule has 0 aliphatic rings. The van der Waals surface area contributed by atoms with Crippen LogP contribution in [0.4, 0.5) is 0 Å². The quantitative estimate of drug-likeness (QED) is 0.341. The first-order valence-electron chi connectivity index (χ1n) is 8.69. The minimum atomic E-state index is -0.873. The number of carbonyl (C=O) groups excluding carboxylic acids is 2. The number of aromatic hydroxyl groups is 1. The van der Waals surface area contributed by atoms with Crippen molar-refractivity contribution in [2.45, 2.75) is 58.0 Å². The van der Waals surface area contributed by atoms with E-state index in [4.69, 9.17) is 9.47 Å². The van der Waals surface area contributed by atoms with Crippen LogP contribution in [0.1, 0.15) is 50.2 Å². The summed E-state index contributed by atoms with van der Waals surface area (Å²) < 4.78 is 10.1. The average Bonchev–Trinajstić information content (AvgIpc) is 2.59. The zero-order chi connectivity index (χ0) is 18.7. The van der Waals surface area contributed by atoms with Gasteiger partial charge in [0, 0.05) is 6.07 Å². The van der Waals surface area contributed by atoms with Crippen LogP contribution in [0.25, 0.3) is 0 Å². The van der Waals surface area contributed by atoms with Gasteiger partial charge in [0.2, 0.25) is 0 Å². The molecule has 1 aromatic rings. The Hall–Kier alpha value is -2.08. The maximum Gasteiger partial charge on any atom is 0.310 e. The van der Waals surface area contributed by atoms with E-state index in [1.165, 1.54) is 7.11 Å². The number of esters is 1. The molecule has 0 aliphatic carbocycles. The maximum atomic E-state index is 11.8. The standard InChI is InChI=1S/C19H28O6/c1-3-25-19(23)11-14-10-16(24-2)12-18(22)17(14)9-7-5-4-6-8-15(21)13-20/h10,12-13,15,21-22H,3-9,11H2,1-2H3. The van der Waals surface area contributed by atoms with Gasteiger partial charge in [-0.05, 0) is 43.4 Å². The number of rotatable bonds is 12. The molecule has 0 amide bonds. The van der Waals surface area contributed by atoms with E-state index >= 15 is 0 Å². The largest absolute Gasteiger partial charge is 0.508 e. The van der Waals surface area contributed by atoms with Crippen molar-refractivity contribution in [1.82, 2.24) is 0 Å². The van der Waals surface area contributed by atoms with Gasteiger partial charge in [-0.25, -0.2) is 0 Å². The van der Waals surface area contributed by atoms with Gasteiger partial charge >= 0.3 is 5.97 Å². The summed E-state index contributed by atoms with van der Waals surface area (Å²) in [5, 5.41) is 19.4. The van der Waals surface area contributed by atoms with Crippen LogP contribution in [0.2, 0.25) is 0 Å². The van der Waals surface area contributed by atoms with Gasteiger partial charge in [-0.2, -0.15) is 0 Å². The van der Waals surface area contributed by atoms with Gasteiger partial charge in [0.15, 0.2) is 0 Å². The molecule has 0 saturated carbocycles. The number of phenolic OH excluding ortho intramolecular Hbond substituents is 1. The molecule has 1 aromatic carbocycles. The molecule has 0 saturated heterocycles. The first kappa shape index (κ1) is 21.0. The van der Waals surface area contributed by atoms with Gasteiger partial charge in [0.1, 0.15) is 23.9 Å². The number of hydrogen-bond donors (Lipinski definition) is 2. The Kier molecular flexibility index (Phi) is 9.62. The summed E-state index contributed by atoms with van der Waals surface area (Å²) >= 11 is 0. The molecule has 1 unspecified atom stereocenters. The van der Waals surface area contributed by atoms with Gasteiger partial charge in [0.05, 0.1) is 20.1 Å². The van der Waals surface area contributed by atoms with Crippen LogP contribution in [0.3, 0.4) is 0 Å². The lowest BCUT2D eigenvalue weighted by Gasteiger charge is -2.13. The molecule has 6 nitrogen and oxygen atoms in total. The SMILES string of the molecule is CCOC(=O)Cc1cc(OC)cc(O)c1CCCCCCC(O)C=O. The van der Waals surface area contributed by atoms with E-state index in [1.807, 2.05) is 0 Å². The van der Waals surface area contributed by atoms with Gasteiger partial charge in [-0.15, -0.1) is 0 Å². The predicted molar refractivity (Wildman–Crippen MR) is 93.9 cm³/mol. The van der Waals surface area contributed by atoms with Gasteiger partial charge in [-0.1, -0.05) is 19.3 Å². The molecule has 0 aromatic heterocycles. The third kappa shape index (κ3) is 7.56. The fourth-order valence-electron chi connectivity index (χ4n) is 2.70. The van der Waals surface area contributed by atoms with E-state index in [-0.39, 0.29) is 18.1 Å². The highest BCUT2D eigenvalue weighted by Gasteiger charge is 2.14. The van der Waals surface area contributed by atoms with E-state index in [0.29, 0.717) is 37.0 Å². The molecular weight excluding hydrogens is 324 g/mol. The number of hydrogen-bond acceptors (Lipinski definition) is 6. The number of carbonyl (C=O) groups is 2. The van der Waals surface area contributed by atoms with E-state index in [1.54, 1.807) is 19.1 Å². The monoisotopic (exact) mass is 352 g/mol. The highest BCUT2D eigenvalue weighted by atomic mass is 16.5. The number of aldehydes is 1. The van der Waals surface area contributed by atoms with Crippen molar-refractivity contribution < 1.29 is 29.3 Å². The van der Waals surface area contributed by atoms with Crippen molar-refractivity contribution in [2.24, 2.45) is 0 Å². The highest BCUT2D eigenvalue weighted by Crippen LogP contribution is 2.30. The lowest BCUT2D eigenvalue weighted by atomic mass is 9.97. The lowest BCUT2D eigenvalue weighted by Crippen LogP contribution is -2.10. The average molecular weight is 352 g/mol. The van der Waals surface area contributed by atoms with Crippen molar-refractivity contribution in [3.8, 4) is 11.5 Å². The minimum Gasteiger partial charge on any atom is -0.508 e. The third-order valence-electron chi connectivity index (χ3n) is 4.00. The third-order valence-corrected chi connectivity index (χ3v) is 4.00. The molecule has 0 radical (unpaired) electrons. The first-order chi connectivity index (χ1) is 12.0. The van der Waals surface area contributed by atoms with Crippen molar-refractivity contribution in [2.75, 3.05) is 13.7 Å². The fraction of sp³-hybridized carbons (Fsp3) is 0.579. The Morgan fingerprint density at radius 1 is 1.24 bits per heavy atom. The molecule has 0 spiro atoms. The Bertz CT molecular complexity index is 555. The van der Waals surface area contributed by atoms with Crippen molar-refractivity contribution in [1.29, 1.82) is 0 Å². The number of aliphatic hydroxyl groups is 1. The zero-order valence-corrected chi connectivity index (χ0v) is 15.0. The smallest absolute Gasteiger partial charge is 0.310 e. The fourth-order valence-corrected chi connectivity index (χ4v) is 2.70. The van der Waals surface area contributed by atoms with Crippen LogP contribution in [0, 0.1) is 0 Å². The van der Waals surface area contributed by atoms with Gasteiger partial charge in [-0.3, -0.25) is 4.79 Å². The normalized spacial score (nSPS) is 11.8. The van der Waals surface area contributed by atoms with Crippen molar-refractivity contribution in [3.63, 3.8) is 0 Å². The topological polar surface area (TPSA) is 93.1 Å². The molecule has 25 heavy (non-hydrogen) atoms. The van der Waals surface area contributed by atoms with Crippen LogP contribution in [-0.2, 0) is 27.2 Å². The molecule has 1 rings (SSSR count). The molecule has 140 valence electrons. The number of ether oxygens (including phenoxy) is 2. The van der Waals surface area contributed by atoms with Gasteiger partial charge in [0.25, 0.3) is 0 Å². The van der Waals surface area contributed by atoms with Crippen LogP contribution in [0.5, 0.6) is 11.5 Å². The second-order valence-corrected chi connectivity index (χ2v) is 5.92. The molecule has 0 heterocycles. The Morgan fingerprint density at radius 3 is 2.60 bits per heavy atom. The molecule has 0 bridgehead atoms. The van der Waals surface area contributed by atoms with Crippen LogP contribution in [-0.4, -0.2) is 42.3 Å². The summed E-state index contributed by atoms with van der Waals surface area (Å²) in [7, 11) is 1.51. The van der Waals surface area contributed by atoms with Gasteiger partial charge < -0.3 is 24.5 Å². The highest BCUT2D eigenvalue weighted by molar-refractivity contribution is 5.73. The Morgan fingerprint density at radius 2 is 1.96 bits per heavy atom. The molecule has 0 fully saturated rings. The predicted octanol–water partition coefficient (Wildman–Crippen LogP) is 2.56. The van der Waals surface area contributed by atoms with E-state index < -0.39 is 6.10 Å². The van der Waals surface area contributed by atoms with E-state index in [0.717, 1.165) is 31.2 Å². The molecule has 6 heteroatoms. The summed E-state index contributed by atoms with van der Waals surface area (Å²) in [4.78, 5) is 22.1. The Balaban J connectivity index is 2.64. The molecule has 0 aliphatic heterocycles. The van der Waals surface area contributed by atoms with Crippen LogP contribution in [0.15, 0.2) is 12.1 Å². The molecule has 2 N–H and O–H groups in total.